The van der Waals surface area contributed by atoms with Crippen LogP contribution in [0.2, 0.25) is 5.02 Å². The fourth-order valence-electron chi connectivity index (χ4n) is 1.78. The van der Waals surface area contributed by atoms with E-state index in [2.05, 4.69) is 17.4 Å². The highest BCUT2D eigenvalue weighted by atomic mass is 35.5. The quantitative estimate of drug-likeness (QED) is 0.746. The van der Waals surface area contributed by atoms with Crippen LogP contribution in [0.15, 0.2) is 54.6 Å². The molecule has 0 unspecified atom stereocenters. The molecule has 0 aliphatic carbocycles. The van der Waals surface area contributed by atoms with Gasteiger partial charge >= 0.3 is 0 Å². The first-order chi connectivity index (χ1) is 10.7. The molecule has 0 bridgehead atoms. The highest BCUT2D eigenvalue weighted by Gasteiger charge is 2.02. The van der Waals surface area contributed by atoms with E-state index in [0.29, 0.717) is 17.3 Å². The summed E-state index contributed by atoms with van der Waals surface area (Å²) in [6, 6.07) is 17.3. The zero-order valence-corrected chi connectivity index (χ0v) is 13.7. The number of amides is 1. The number of halogens is 1. The lowest BCUT2D eigenvalue weighted by atomic mass is 10.2. The van der Waals surface area contributed by atoms with Gasteiger partial charge in [-0.2, -0.15) is 11.8 Å². The predicted octanol–water partition coefficient (Wildman–Crippen LogP) is 3.77. The van der Waals surface area contributed by atoms with E-state index < -0.39 is 0 Å². The van der Waals surface area contributed by atoms with Gasteiger partial charge in [-0.3, -0.25) is 4.79 Å². The standard InChI is InChI=1S/C17H18ClNO2S/c18-15-7-4-8-16(11-15)21-12-17(20)19-9-10-22-13-14-5-2-1-3-6-14/h1-8,11H,9-10,12-13H2,(H,19,20). The summed E-state index contributed by atoms with van der Waals surface area (Å²) in [7, 11) is 0. The highest BCUT2D eigenvalue weighted by molar-refractivity contribution is 7.98. The first-order valence-corrected chi connectivity index (χ1v) is 8.54. The van der Waals surface area contributed by atoms with Gasteiger partial charge in [-0.1, -0.05) is 48.0 Å². The second-order valence-electron chi connectivity index (χ2n) is 4.63. The van der Waals surface area contributed by atoms with Gasteiger partial charge in [-0.25, -0.2) is 0 Å². The van der Waals surface area contributed by atoms with E-state index in [1.54, 1.807) is 36.0 Å². The molecule has 0 aliphatic rings. The van der Waals surface area contributed by atoms with Crippen LogP contribution in [-0.4, -0.2) is 24.8 Å². The van der Waals surface area contributed by atoms with E-state index in [4.69, 9.17) is 16.3 Å². The van der Waals surface area contributed by atoms with Crippen LogP contribution in [0.25, 0.3) is 0 Å². The normalized spacial score (nSPS) is 10.2. The smallest absolute Gasteiger partial charge is 0.257 e. The molecule has 0 saturated carbocycles. The molecule has 0 saturated heterocycles. The van der Waals surface area contributed by atoms with Crippen molar-refractivity contribution in [1.82, 2.24) is 5.32 Å². The molecule has 0 heterocycles. The van der Waals surface area contributed by atoms with Crippen LogP contribution in [0.3, 0.4) is 0 Å². The molecule has 0 aromatic heterocycles. The van der Waals surface area contributed by atoms with Crippen molar-refractivity contribution in [1.29, 1.82) is 0 Å². The molecule has 0 fully saturated rings. The molecule has 0 spiro atoms. The van der Waals surface area contributed by atoms with Crippen LogP contribution >= 0.6 is 23.4 Å². The Hall–Kier alpha value is -1.65. The van der Waals surface area contributed by atoms with Crippen molar-refractivity contribution in [3.05, 3.63) is 65.2 Å². The fraction of sp³-hybridized carbons (Fsp3) is 0.235. The zero-order valence-electron chi connectivity index (χ0n) is 12.1. The van der Waals surface area contributed by atoms with Crippen molar-refractivity contribution in [3.63, 3.8) is 0 Å². The maximum Gasteiger partial charge on any atom is 0.257 e. The van der Waals surface area contributed by atoms with Crippen LogP contribution in [0.5, 0.6) is 5.75 Å². The predicted molar refractivity (Wildman–Crippen MR) is 92.6 cm³/mol. The monoisotopic (exact) mass is 335 g/mol. The number of carbonyl (C=O) groups excluding carboxylic acids is 1. The first-order valence-electron chi connectivity index (χ1n) is 7.01. The van der Waals surface area contributed by atoms with Gasteiger partial charge in [0.25, 0.3) is 5.91 Å². The van der Waals surface area contributed by atoms with E-state index in [9.17, 15) is 4.79 Å². The number of nitrogens with one attached hydrogen (secondary N) is 1. The third kappa shape index (κ3) is 6.41. The van der Waals surface area contributed by atoms with Crippen molar-refractivity contribution in [3.8, 4) is 5.75 Å². The minimum absolute atomic E-state index is 0.00366. The van der Waals surface area contributed by atoms with Gasteiger partial charge in [0.1, 0.15) is 5.75 Å². The van der Waals surface area contributed by atoms with Gasteiger partial charge in [0.15, 0.2) is 6.61 Å². The topological polar surface area (TPSA) is 38.3 Å². The van der Waals surface area contributed by atoms with Gasteiger partial charge in [0, 0.05) is 23.1 Å². The average Bonchev–Trinajstić information content (AvgIpc) is 2.54. The van der Waals surface area contributed by atoms with Gasteiger partial charge in [0.2, 0.25) is 0 Å². The third-order valence-corrected chi connectivity index (χ3v) is 4.11. The SMILES string of the molecule is O=C(COc1cccc(Cl)c1)NCCSCc1ccccc1. The molecule has 0 atom stereocenters. The van der Waals surface area contributed by atoms with Gasteiger partial charge < -0.3 is 10.1 Å². The van der Waals surface area contributed by atoms with Gasteiger partial charge in [-0.05, 0) is 23.8 Å². The number of thioether (sulfide) groups is 1. The molecule has 22 heavy (non-hydrogen) atoms. The van der Waals surface area contributed by atoms with Crippen LogP contribution in [0, 0.1) is 0 Å². The molecular weight excluding hydrogens is 318 g/mol. The Balaban J connectivity index is 1.56. The van der Waals surface area contributed by atoms with Gasteiger partial charge in [-0.15, -0.1) is 0 Å². The van der Waals surface area contributed by atoms with Crippen LogP contribution in [0.4, 0.5) is 0 Å². The Morgan fingerprint density at radius 3 is 2.73 bits per heavy atom. The van der Waals surface area contributed by atoms with Gasteiger partial charge in [0.05, 0.1) is 0 Å². The Kier molecular flexibility index (Phi) is 7.13. The van der Waals surface area contributed by atoms with Crippen molar-refractivity contribution in [2.24, 2.45) is 0 Å². The molecule has 1 amide bonds. The summed E-state index contributed by atoms with van der Waals surface area (Å²) in [5.74, 6) is 2.30. The molecule has 5 heteroatoms. The molecule has 2 rings (SSSR count). The number of hydrogen-bond acceptors (Lipinski definition) is 3. The minimum atomic E-state index is -0.125. The summed E-state index contributed by atoms with van der Waals surface area (Å²) in [6.07, 6.45) is 0. The van der Waals surface area contributed by atoms with E-state index in [0.717, 1.165) is 11.5 Å². The summed E-state index contributed by atoms with van der Waals surface area (Å²) < 4.78 is 5.37. The van der Waals surface area contributed by atoms with Crippen molar-refractivity contribution < 1.29 is 9.53 Å². The lowest BCUT2D eigenvalue weighted by molar-refractivity contribution is -0.122. The summed E-state index contributed by atoms with van der Waals surface area (Å²) in [6.45, 7) is 0.638. The first kappa shape index (κ1) is 16.7. The van der Waals surface area contributed by atoms with E-state index in [1.165, 1.54) is 5.56 Å². The maximum absolute atomic E-state index is 11.7. The minimum Gasteiger partial charge on any atom is -0.484 e. The fourth-order valence-corrected chi connectivity index (χ4v) is 2.78. The lowest BCUT2D eigenvalue weighted by Crippen LogP contribution is -2.30. The Labute approximate surface area is 140 Å². The van der Waals surface area contributed by atoms with Crippen LogP contribution < -0.4 is 10.1 Å². The summed E-state index contributed by atoms with van der Waals surface area (Å²) in [5, 5.41) is 3.43. The van der Waals surface area contributed by atoms with Crippen molar-refractivity contribution in [2.45, 2.75) is 5.75 Å². The van der Waals surface area contributed by atoms with E-state index in [-0.39, 0.29) is 12.5 Å². The van der Waals surface area contributed by atoms with E-state index >= 15 is 0 Å². The second-order valence-corrected chi connectivity index (χ2v) is 6.18. The molecule has 2 aromatic carbocycles. The maximum atomic E-state index is 11.7. The molecular formula is C17H18ClNO2S. The Morgan fingerprint density at radius 2 is 1.95 bits per heavy atom. The molecule has 2 aromatic rings. The third-order valence-electron chi connectivity index (χ3n) is 2.85. The molecule has 0 radical (unpaired) electrons. The number of hydrogen-bond donors (Lipinski definition) is 1. The Bertz CT molecular complexity index is 592. The van der Waals surface area contributed by atoms with E-state index in [1.807, 2.05) is 18.2 Å². The van der Waals surface area contributed by atoms with Crippen molar-refractivity contribution in [2.75, 3.05) is 18.9 Å². The summed E-state index contributed by atoms with van der Waals surface area (Å²) in [5.41, 5.74) is 1.29. The molecule has 3 nitrogen and oxygen atoms in total. The van der Waals surface area contributed by atoms with Crippen LogP contribution in [-0.2, 0) is 10.5 Å². The molecule has 1 N–H and O–H groups in total. The summed E-state index contributed by atoms with van der Waals surface area (Å²) in [4.78, 5) is 11.7. The number of benzene rings is 2. The Morgan fingerprint density at radius 1 is 1.14 bits per heavy atom. The lowest BCUT2D eigenvalue weighted by Gasteiger charge is -2.07. The highest BCUT2D eigenvalue weighted by Crippen LogP contribution is 2.16. The second kappa shape index (κ2) is 9.38. The number of carbonyl (C=O) groups is 1. The average molecular weight is 336 g/mol. The largest absolute Gasteiger partial charge is 0.484 e. The molecule has 116 valence electrons. The van der Waals surface area contributed by atoms with Crippen LogP contribution in [0.1, 0.15) is 5.56 Å². The zero-order chi connectivity index (χ0) is 15.6. The summed E-state index contributed by atoms with van der Waals surface area (Å²) >= 11 is 7.64. The number of rotatable bonds is 8. The molecule has 0 aliphatic heterocycles. The van der Waals surface area contributed by atoms with Crippen molar-refractivity contribution >= 4 is 29.3 Å². The number of ether oxygens (including phenoxy) is 1.